The van der Waals surface area contributed by atoms with E-state index in [0.717, 1.165) is 36.1 Å². The zero-order valence-electron chi connectivity index (χ0n) is 17.0. The maximum Gasteiger partial charge on any atom is 0.224 e. The summed E-state index contributed by atoms with van der Waals surface area (Å²) in [4.78, 5) is 19.5. The molecule has 2 saturated heterocycles. The number of para-hydroxylation sites is 2. The highest BCUT2D eigenvalue weighted by molar-refractivity contribution is 5.78. The van der Waals surface area contributed by atoms with Crippen LogP contribution in [0.5, 0.6) is 0 Å². The van der Waals surface area contributed by atoms with Crippen LogP contribution in [0.1, 0.15) is 51.8 Å². The van der Waals surface area contributed by atoms with Crippen LogP contribution < -0.4 is 0 Å². The smallest absolute Gasteiger partial charge is 0.224 e. The van der Waals surface area contributed by atoms with Crippen molar-refractivity contribution in [3.63, 3.8) is 0 Å². The van der Waals surface area contributed by atoms with Gasteiger partial charge in [0.05, 0.1) is 28.8 Å². The molecule has 0 radical (unpaired) electrons. The number of carbonyl (C=O) groups is 1. The fourth-order valence-corrected chi connectivity index (χ4v) is 4.82. The van der Waals surface area contributed by atoms with Gasteiger partial charge in [0.25, 0.3) is 0 Å². The van der Waals surface area contributed by atoms with Gasteiger partial charge in [0, 0.05) is 38.9 Å². The normalized spacial score (nSPS) is 24.8. The molecule has 28 heavy (non-hydrogen) atoms. The fraction of sp³-hybridized carbons (Fsp3) is 0.636. The molecule has 1 atom stereocenters. The minimum atomic E-state index is -0.649. The van der Waals surface area contributed by atoms with Gasteiger partial charge in [0.2, 0.25) is 5.91 Å². The van der Waals surface area contributed by atoms with Crippen molar-refractivity contribution in [2.45, 2.75) is 70.1 Å². The van der Waals surface area contributed by atoms with E-state index in [9.17, 15) is 9.90 Å². The zero-order chi connectivity index (χ0) is 19.8. The van der Waals surface area contributed by atoms with E-state index >= 15 is 0 Å². The predicted molar refractivity (Wildman–Crippen MR) is 108 cm³/mol. The summed E-state index contributed by atoms with van der Waals surface area (Å²) in [5.41, 5.74) is 1.19. The molecule has 1 unspecified atom stereocenters. The molecule has 4 rings (SSSR count). The van der Waals surface area contributed by atoms with Gasteiger partial charge in [-0.05, 0) is 38.3 Å². The van der Waals surface area contributed by atoms with E-state index in [2.05, 4.69) is 17.6 Å². The van der Waals surface area contributed by atoms with Crippen molar-refractivity contribution in [2.24, 2.45) is 0 Å². The minimum absolute atomic E-state index is 0.192. The zero-order valence-corrected chi connectivity index (χ0v) is 17.0. The van der Waals surface area contributed by atoms with Crippen molar-refractivity contribution in [1.82, 2.24) is 14.5 Å². The lowest BCUT2D eigenvalue weighted by atomic mass is 9.78. The fourth-order valence-electron chi connectivity index (χ4n) is 4.82. The average molecular weight is 386 g/mol. The second-order valence-corrected chi connectivity index (χ2v) is 8.61. The summed E-state index contributed by atoms with van der Waals surface area (Å²) in [6.45, 7) is 6.68. The summed E-state index contributed by atoms with van der Waals surface area (Å²) in [6, 6.07) is 8.11. The minimum Gasteiger partial charge on any atom is -0.390 e. The number of benzene rings is 1. The molecule has 1 spiro atoms. The number of aromatic nitrogens is 2. The number of hydrogen-bond acceptors (Lipinski definition) is 4. The molecular weight excluding hydrogens is 354 g/mol. The quantitative estimate of drug-likeness (QED) is 0.879. The Hall–Kier alpha value is -1.92. The number of imidazole rings is 1. The topological polar surface area (TPSA) is 67.6 Å². The van der Waals surface area contributed by atoms with E-state index in [1.165, 1.54) is 0 Å². The van der Waals surface area contributed by atoms with Gasteiger partial charge < -0.3 is 19.3 Å². The summed E-state index contributed by atoms with van der Waals surface area (Å²) < 4.78 is 8.24. The van der Waals surface area contributed by atoms with Crippen molar-refractivity contribution < 1.29 is 14.6 Å². The highest BCUT2D eigenvalue weighted by atomic mass is 16.5. The van der Waals surface area contributed by atoms with Gasteiger partial charge in [-0.3, -0.25) is 4.79 Å². The molecule has 0 aliphatic carbocycles. The molecule has 6 nitrogen and oxygen atoms in total. The molecule has 6 heteroatoms. The van der Waals surface area contributed by atoms with Crippen LogP contribution in [0, 0.1) is 0 Å². The van der Waals surface area contributed by atoms with Crippen LogP contribution in [0.15, 0.2) is 24.3 Å². The van der Waals surface area contributed by atoms with E-state index in [1.54, 1.807) is 0 Å². The number of nitrogens with zero attached hydrogens (tertiary/aromatic N) is 3. The molecule has 2 aliphatic rings. The first-order valence-corrected chi connectivity index (χ1v) is 10.5. The Balaban J connectivity index is 1.37. The predicted octanol–water partition coefficient (Wildman–Crippen LogP) is 2.91. The number of likely N-dealkylation sites (tertiary alicyclic amines) is 1. The van der Waals surface area contributed by atoms with Crippen LogP contribution >= 0.6 is 0 Å². The number of amides is 1. The third-order valence-corrected chi connectivity index (χ3v) is 6.38. The molecule has 2 fully saturated rings. The van der Waals surface area contributed by atoms with Gasteiger partial charge in [0.15, 0.2) is 0 Å². The molecule has 1 aromatic heterocycles. The first-order valence-electron chi connectivity index (χ1n) is 10.5. The van der Waals surface area contributed by atoms with Gasteiger partial charge in [-0.2, -0.15) is 0 Å². The van der Waals surface area contributed by atoms with Crippen molar-refractivity contribution in [1.29, 1.82) is 0 Å². The van der Waals surface area contributed by atoms with E-state index in [-0.39, 0.29) is 11.5 Å². The second-order valence-electron chi connectivity index (χ2n) is 8.61. The second kappa shape index (κ2) is 7.48. The maximum absolute atomic E-state index is 12.8. The van der Waals surface area contributed by atoms with Crippen LogP contribution in [0.4, 0.5) is 0 Å². The molecule has 1 amide bonds. The maximum atomic E-state index is 12.8. The Morgan fingerprint density at radius 1 is 1.25 bits per heavy atom. The van der Waals surface area contributed by atoms with E-state index in [0.29, 0.717) is 45.5 Å². The third kappa shape index (κ3) is 3.80. The van der Waals surface area contributed by atoms with Gasteiger partial charge in [0.1, 0.15) is 5.82 Å². The van der Waals surface area contributed by atoms with Crippen LogP contribution in [-0.4, -0.2) is 56.4 Å². The number of hydrogen-bond donors (Lipinski definition) is 1. The number of aliphatic hydroxyl groups is 1. The van der Waals surface area contributed by atoms with Gasteiger partial charge in [-0.15, -0.1) is 0 Å². The number of aryl methyl sites for hydroxylation is 2. The lowest BCUT2D eigenvalue weighted by molar-refractivity contribution is -0.175. The third-order valence-electron chi connectivity index (χ3n) is 6.38. The van der Waals surface area contributed by atoms with Gasteiger partial charge in [-0.25, -0.2) is 4.98 Å². The molecule has 0 bridgehead atoms. The summed E-state index contributed by atoms with van der Waals surface area (Å²) in [5.74, 6) is 1.22. The number of fused-ring (bicyclic) bond motifs is 1. The molecule has 0 saturated carbocycles. The molecule has 2 aliphatic heterocycles. The molecular formula is C22H31N3O3. The van der Waals surface area contributed by atoms with Crippen LogP contribution in [0.25, 0.3) is 11.0 Å². The number of carbonyl (C=O) groups excluding carboxylic acids is 1. The lowest BCUT2D eigenvalue weighted by Gasteiger charge is -2.48. The number of ether oxygens (including phenoxy) is 1. The SMILES string of the molecule is CCc1nc2ccccc2n1CCC(=O)N1CCC2(CC1)CC(C)(O)CCO2. The first kappa shape index (κ1) is 19.4. The van der Waals surface area contributed by atoms with Crippen LogP contribution in [0.3, 0.4) is 0 Å². The Morgan fingerprint density at radius 2 is 2.00 bits per heavy atom. The summed E-state index contributed by atoms with van der Waals surface area (Å²) in [5, 5.41) is 10.4. The van der Waals surface area contributed by atoms with Crippen LogP contribution in [0.2, 0.25) is 0 Å². The van der Waals surface area contributed by atoms with Gasteiger partial charge >= 0.3 is 0 Å². The van der Waals surface area contributed by atoms with Crippen molar-refractivity contribution in [3.05, 3.63) is 30.1 Å². The first-order chi connectivity index (χ1) is 13.4. The molecule has 1 N–H and O–H groups in total. The van der Waals surface area contributed by atoms with Crippen molar-refractivity contribution in [2.75, 3.05) is 19.7 Å². The van der Waals surface area contributed by atoms with Crippen LogP contribution in [-0.2, 0) is 22.5 Å². The number of rotatable bonds is 4. The molecule has 3 heterocycles. The Labute approximate surface area is 166 Å². The van der Waals surface area contributed by atoms with Crippen molar-refractivity contribution in [3.8, 4) is 0 Å². The number of piperidine rings is 1. The Kier molecular flexibility index (Phi) is 5.19. The van der Waals surface area contributed by atoms with E-state index in [1.807, 2.05) is 30.0 Å². The summed E-state index contributed by atoms with van der Waals surface area (Å²) in [7, 11) is 0. The monoisotopic (exact) mass is 385 g/mol. The molecule has 1 aromatic carbocycles. The molecule has 152 valence electrons. The standard InChI is InChI=1S/C22H31N3O3/c1-3-19-23-17-6-4-5-7-18(17)25(19)12-8-20(26)24-13-9-22(10-14-24)16-21(2,27)11-15-28-22/h4-7,27H,3,8-16H2,1-2H3. The van der Waals surface area contributed by atoms with Gasteiger partial charge in [-0.1, -0.05) is 19.1 Å². The van der Waals surface area contributed by atoms with E-state index in [4.69, 9.17) is 9.72 Å². The highest BCUT2D eigenvalue weighted by Crippen LogP contribution is 2.39. The highest BCUT2D eigenvalue weighted by Gasteiger charge is 2.44. The van der Waals surface area contributed by atoms with Crippen molar-refractivity contribution >= 4 is 16.9 Å². The lowest BCUT2D eigenvalue weighted by Crippen LogP contribution is -2.54. The largest absolute Gasteiger partial charge is 0.390 e. The Bertz CT molecular complexity index is 850. The average Bonchev–Trinajstić information content (AvgIpc) is 3.03. The molecule has 2 aromatic rings. The summed E-state index contributed by atoms with van der Waals surface area (Å²) >= 11 is 0. The Morgan fingerprint density at radius 3 is 2.71 bits per heavy atom. The van der Waals surface area contributed by atoms with E-state index < -0.39 is 5.60 Å². The summed E-state index contributed by atoms with van der Waals surface area (Å²) in [6.07, 6.45) is 4.32.